The van der Waals surface area contributed by atoms with Gasteiger partial charge >= 0.3 is 0 Å². The van der Waals surface area contributed by atoms with Gasteiger partial charge in [-0.1, -0.05) is 23.4 Å². The van der Waals surface area contributed by atoms with E-state index in [1.54, 1.807) is 24.5 Å². The molecule has 112 valence electrons. The predicted molar refractivity (Wildman–Crippen MR) is 88.3 cm³/mol. The maximum Gasteiger partial charge on any atom is 0.235 e. The first-order chi connectivity index (χ1) is 10.7. The molecule has 3 rings (SSSR count). The summed E-state index contributed by atoms with van der Waals surface area (Å²) in [5, 5.41) is 10.9. The Morgan fingerprint density at radius 3 is 2.86 bits per heavy atom. The van der Waals surface area contributed by atoms with Crippen LogP contribution in [0.2, 0.25) is 4.34 Å². The molecule has 22 heavy (non-hydrogen) atoms. The second-order valence-corrected chi connectivity index (χ2v) is 6.80. The van der Waals surface area contributed by atoms with Crippen molar-refractivity contribution < 1.29 is 4.79 Å². The molecule has 3 heterocycles. The second kappa shape index (κ2) is 6.91. The Hall–Kier alpha value is -1.90. The third-order valence-electron chi connectivity index (χ3n) is 2.59. The Labute approximate surface area is 139 Å². The van der Waals surface area contributed by atoms with Gasteiger partial charge in [0.1, 0.15) is 0 Å². The van der Waals surface area contributed by atoms with Crippen molar-refractivity contribution in [3.63, 3.8) is 0 Å². The van der Waals surface area contributed by atoms with Gasteiger partial charge < -0.3 is 5.32 Å². The molecule has 0 aliphatic rings. The highest BCUT2D eigenvalue weighted by Gasteiger charge is 2.10. The molecule has 2 N–H and O–H groups in total. The Morgan fingerprint density at radius 2 is 2.14 bits per heavy atom. The van der Waals surface area contributed by atoms with Crippen LogP contribution in [-0.2, 0) is 4.79 Å². The predicted octanol–water partition coefficient (Wildman–Crippen LogP) is 3.31. The van der Waals surface area contributed by atoms with Crippen LogP contribution in [0.1, 0.15) is 0 Å². The van der Waals surface area contributed by atoms with Crippen LogP contribution in [0.4, 0.5) is 5.00 Å². The highest BCUT2D eigenvalue weighted by molar-refractivity contribution is 7.99. The average Bonchev–Trinajstić information content (AvgIpc) is 3.15. The van der Waals surface area contributed by atoms with Gasteiger partial charge in [0.15, 0.2) is 5.82 Å². The van der Waals surface area contributed by atoms with Crippen LogP contribution in [0.5, 0.6) is 0 Å². The van der Waals surface area contributed by atoms with Crippen molar-refractivity contribution >= 4 is 45.6 Å². The summed E-state index contributed by atoms with van der Waals surface area (Å²) in [4.78, 5) is 20.1. The second-order valence-electron chi connectivity index (χ2n) is 4.14. The quantitative estimate of drug-likeness (QED) is 0.689. The monoisotopic (exact) mass is 351 g/mol. The van der Waals surface area contributed by atoms with Crippen molar-refractivity contribution in [3.8, 4) is 11.4 Å². The zero-order valence-electron chi connectivity index (χ0n) is 11.1. The molecule has 0 aromatic carbocycles. The number of rotatable bonds is 5. The number of carbonyl (C=O) groups excluding carboxylic acids is 1. The van der Waals surface area contributed by atoms with Gasteiger partial charge in [-0.15, -0.1) is 16.4 Å². The molecule has 0 aliphatic carbocycles. The number of thiophene rings is 1. The molecule has 0 fully saturated rings. The van der Waals surface area contributed by atoms with Gasteiger partial charge in [0.2, 0.25) is 11.1 Å². The largest absolute Gasteiger partial charge is 0.317 e. The molecule has 0 spiro atoms. The molecule has 1 amide bonds. The van der Waals surface area contributed by atoms with Crippen molar-refractivity contribution in [2.24, 2.45) is 0 Å². The molecule has 3 aromatic heterocycles. The van der Waals surface area contributed by atoms with Crippen molar-refractivity contribution in [2.45, 2.75) is 5.16 Å². The fourth-order valence-corrected chi connectivity index (χ4v) is 3.19. The fraction of sp³-hybridized carbons (Fsp3) is 0.0769. The molecule has 0 atom stereocenters. The average molecular weight is 352 g/mol. The molecule has 0 saturated heterocycles. The lowest BCUT2D eigenvalue weighted by molar-refractivity contribution is -0.113. The summed E-state index contributed by atoms with van der Waals surface area (Å²) >= 11 is 8.39. The van der Waals surface area contributed by atoms with Crippen molar-refractivity contribution in [3.05, 3.63) is 41.0 Å². The summed E-state index contributed by atoms with van der Waals surface area (Å²) in [7, 11) is 0. The van der Waals surface area contributed by atoms with Gasteiger partial charge in [0, 0.05) is 18.0 Å². The van der Waals surface area contributed by atoms with Crippen molar-refractivity contribution in [1.29, 1.82) is 0 Å². The number of carbonyl (C=O) groups is 1. The van der Waals surface area contributed by atoms with Crippen molar-refractivity contribution in [1.82, 2.24) is 20.2 Å². The topological polar surface area (TPSA) is 83.6 Å². The SMILES string of the molecule is O=C(CSc1n[nH]c(-c2ccncc2)n1)Nc1ccc(Cl)s1. The van der Waals surface area contributed by atoms with E-state index >= 15 is 0 Å². The Morgan fingerprint density at radius 1 is 1.32 bits per heavy atom. The summed E-state index contributed by atoms with van der Waals surface area (Å²) in [6.45, 7) is 0. The van der Waals surface area contributed by atoms with Crippen molar-refractivity contribution in [2.75, 3.05) is 11.1 Å². The maximum absolute atomic E-state index is 11.8. The number of halogens is 1. The van der Waals surface area contributed by atoms with Crippen LogP contribution in [0.3, 0.4) is 0 Å². The van der Waals surface area contributed by atoms with E-state index < -0.39 is 0 Å². The minimum absolute atomic E-state index is 0.126. The molecule has 6 nitrogen and oxygen atoms in total. The lowest BCUT2D eigenvalue weighted by Gasteiger charge is -1.99. The highest BCUT2D eigenvalue weighted by atomic mass is 35.5. The number of hydrogen-bond acceptors (Lipinski definition) is 6. The summed E-state index contributed by atoms with van der Waals surface area (Å²) < 4.78 is 0.638. The molecule has 3 aromatic rings. The van der Waals surface area contributed by atoms with E-state index in [0.29, 0.717) is 15.3 Å². The number of thioether (sulfide) groups is 1. The molecule has 0 radical (unpaired) electrons. The number of nitrogens with one attached hydrogen (secondary N) is 2. The normalized spacial score (nSPS) is 10.6. The van der Waals surface area contributed by atoms with Crippen LogP contribution < -0.4 is 5.32 Å². The van der Waals surface area contributed by atoms with Gasteiger partial charge in [-0.25, -0.2) is 4.98 Å². The molecular weight excluding hydrogens is 342 g/mol. The van der Waals surface area contributed by atoms with Gasteiger partial charge in [0.25, 0.3) is 0 Å². The molecule has 0 unspecified atom stereocenters. The molecule has 0 bridgehead atoms. The third kappa shape index (κ3) is 3.85. The lowest BCUT2D eigenvalue weighted by atomic mass is 10.3. The first kappa shape index (κ1) is 15.0. The number of hydrogen-bond donors (Lipinski definition) is 2. The number of aromatic nitrogens is 4. The molecule has 9 heteroatoms. The minimum atomic E-state index is -0.126. The first-order valence-electron chi connectivity index (χ1n) is 6.21. The van der Waals surface area contributed by atoms with Gasteiger partial charge in [-0.2, -0.15) is 0 Å². The van der Waals surface area contributed by atoms with Crippen LogP contribution >= 0.6 is 34.7 Å². The third-order valence-corrected chi connectivity index (χ3v) is 4.58. The summed E-state index contributed by atoms with van der Waals surface area (Å²) in [6, 6.07) is 7.18. The Balaban J connectivity index is 1.56. The van der Waals surface area contributed by atoms with E-state index in [9.17, 15) is 4.79 Å². The van der Waals surface area contributed by atoms with Crippen LogP contribution in [0, 0.1) is 0 Å². The standard InChI is InChI=1S/C13H10ClN5OS2/c14-9-1-2-11(22-9)16-10(20)7-21-13-17-12(18-19-13)8-3-5-15-6-4-8/h1-6H,7H2,(H,16,20)(H,17,18,19). The van der Waals surface area contributed by atoms with E-state index in [1.165, 1.54) is 23.1 Å². The number of anilines is 1. The summed E-state index contributed by atoms with van der Waals surface area (Å²) in [5.74, 6) is 0.748. The molecule has 0 aliphatic heterocycles. The Kier molecular flexibility index (Phi) is 4.71. The fourth-order valence-electron chi connectivity index (χ4n) is 1.63. The van der Waals surface area contributed by atoms with E-state index in [1.807, 2.05) is 12.1 Å². The lowest BCUT2D eigenvalue weighted by Crippen LogP contribution is -2.13. The molecule has 0 saturated carbocycles. The zero-order chi connectivity index (χ0) is 15.4. The van der Waals surface area contributed by atoms with Gasteiger partial charge in [0.05, 0.1) is 15.1 Å². The highest BCUT2D eigenvalue weighted by Crippen LogP contribution is 2.26. The number of pyridine rings is 1. The van der Waals surface area contributed by atoms with E-state index in [4.69, 9.17) is 11.6 Å². The van der Waals surface area contributed by atoms with Crippen LogP contribution in [-0.4, -0.2) is 31.8 Å². The molecular formula is C13H10ClN5OS2. The van der Waals surface area contributed by atoms with Gasteiger partial charge in [-0.05, 0) is 24.3 Å². The van der Waals surface area contributed by atoms with E-state index in [2.05, 4.69) is 25.5 Å². The number of H-pyrrole nitrogens is 1. The van der Waals surface area contributed by atoms with E-state index in [0.717, 1.165) is 10.6 Å². The number of nitrogens with zero attached hydrogens (tertiary/aromatic N) is 3. The zero-order valence-corrected chi connectivity index (χ0v) is 13.5. The van der Waals surface area contributed by atoms with Gasteiger partial charge in [-0.3, -0.25) is 14.9 Å². The number of aromatic amines is 1. The van der Waals surface area contributed by atoms with E-state index in [-0.39, 0.29) is 11.7 Å². The Bertz CT molecular complexity index is 774. The first-order valence-corrected chi connectivity index (χ1v) is 8.39. The summed E-state index contributed by atoms with van der Waals surface area (Å²) in [6.07, 6.45) is 3.37. The number of amides is 1. The minimum Gasteiger partial charge on any atom is -0.317 e. The van der Waals surface area contributed by atoms with Crippen LogP contribution in [0.15, 0.2) is 41.8 Å². The van der Waals surface area contributed by atoms with Crippen LogP contribution in [0.25, 0.3) is 11.4 Å². The maximum atomic E-state index is 11.8. The summed E-state index contributed by atoms with van der Waals surface area (Å²) in [5.41, 5.74) is 0.895. The smallest absolute Gasteiger partial charge is 0.235 e.